The Morgan fingerprint density at radius 2 is 1.39 bits per heavy atom. The van der Waals surface area contributed by atoms with E-state index in [1.165, 1.54) is 0 Å². The fraction of sp³-hybridized carbons (Fsp3) is 0.906. The monoisotopic (exact) mass is 629 g/mol. The Morgan fingerprint density at radius 1 is 0.878 bits per heavy atom. The fourth-order valence-corrected chi connectivity index (χ4v) is 7.90. The lowest BCUT2D eigenvalue weighted by molar-refractivity contribution is -0.0876. The quantitative estimate of drug-likeness (QED) is 0.118. The number of unbranched alkanes of at least 4 members (excludes halogenated alkanes) is 2. The van der Waals surface area contributed by atoms with Crippen LogP contribution in [0, 0.1) is 5.92 Å². The van der Waals surface area contributed by atoms with Crippen molar-refractivity contribution in [3.63, 3.8) is 0 Å². The van der Waals surface area contributed by atoms with Crippen molar-refractivity contribution in [1.82, 2.24) is 5.32 Å². The summed E-state index contributed by atoms with van der Waals surface area (Å²) in [6.07, 6.45) is 4.66. The van der Waals surface area contributed by atoms with Crippen molar-refractivity contribution in [2.75, 3.05) is 6.61 Å². The zero-order chi connectivity index (χ0) is 32.2. The van der Waals surface area contributed by atoms with Gasteiger partial charge in [-0.3, -0.25) is 0 Å². The second kappa shape index (κ2) is 14.1. The minimum absolute atomic E-state index is 0.00415. The van der Waals surface area contributed by atoms with E-state index in [4.69, 9.17) is 18.0 Å². The molecule has 1 amide bonds. The van der Waals surface area contributed by atoms with Crippen molar-refractivity contribution < 1.29 is 22.8 Å². The molecule has 0 aliphatic carbocycles. The molecule has 1 fully saturated rings. The Morgan fingerprint density at radius 3 is 1.85 bits per heavy atom. The predicted molar refractivity (Wildman–Crippen MR) is 182 cm³/mol. The number of cyclic esters (lactones) is 1. The van der Waals surface area contributed by atoms with Crippen LogP contribution in [0.5, 0.6) is 0 Å². The maximum Gasteiger partial charge on any atom is 0.407 e. The molecule has 1 heterocycles. The van der Waals surface area contributed by atoms with Crippen LogP contribution in [0.25, 0.3) is 0 Å². The molecule has 0 aromatic rings. The first-order valence-electron chi connectivity index (χ1n) is 15.8. The molecule has 0 spiro atoms. The molecule has 1 aliphatic heterocycles. The van der Waals surface area contributed by atoms with Gasteiger partial charge in [0.2, 0.25) is 0 Å². The number of hydrogen-bond acceptors (Lipinski definition) is 5. The van der Waals surface area contributed by atoms with Crippen LogP contribution in [-0.2, 0) is 18.0 Å². The number of carbonyl (C=O) groups is 1. The number of nitrogens with one attached hydrogen (secondary N) is 1. The summed E-state index contributed by atoms with van der Waals surface area (Å²) in [5, 5.41) is 3.28. The van der Waals surface area contributed by atoms with E-state index in [0.717, 1.165) is 25.7 Å². The molecular formula is C32H67NO5Si3. The van der Waals surface area contributed by atoms with Crippen molar-refractivity contribution in [3.8, 4) is 0 Å². The number of alkyl carbamates (subject to hydrolysis) is 1. The number of allylic oxidation sites excluding steroid dienone is 1. The highest BCUT2D eigenvalue weighted by Gasteiger charge is 2.52. The van der Waals surface area contributed by atoms with E-state index in [-0.39, 0.29) is 51.5 Å². The molecule has 6 nitrogen and oxygen atoms in total. The summed E-state index contributed by atoms with van der Waals surface area (Å²) >= 11 is 0. The van der Waals surface area contributed by atoms with Crippen LogP contribution in [0.15, 0.2) is 12.7 Å². The van der Waals surface area contributed by atoms with Crippen LogP contribution in [0.2, 0.25) is 54.4 Å². The summed E-state index contributed by atoms with van der Waals surface area (Å²) in [6, 6.07) is -0.370. The second-order valence-electron chi connectivity index (χ2n) is 16.9. The minimum Gasteiger partial charge on any atom is -0.443 e. The largest absolute Gasteiger partial charge is 0.443 e. The van der Waals surface area contributed by atoms with Gasteiger partial charge in [0, 0.05) is 0 Å². The van der Waals surface area contributed by atoms with Gasteiger partial charge in [0.1, 0.15) is 12.2 Å². The van der Waals surface area contributed by atoms with Crippen molar-refractivity contribution >= 4 is 31.0 Å². The third-order valence-corrected chi connectivity index (χ3v) is 23.9. The summed E-state index contributed by atoms with van der Waals surface area (Å²) in [6.45, 7) is 40.5. The van der Waals surface area contributed by atoms with Crippen LogP contribution in [0.4, 0.5) is 4.79 Å². The Kier molecular flexibility index (Phi) is 13.3. The van der Waals surface area contributed by atoms with Crippen molar-refractivity contribution in [2.24, 2.45) is 5.92 Å². The van der Waals surface area contributed by atoms with Gasteiger partial charge in [-0.25, -0.2) is 4.79 Å². The van der Waals surface area contributed by atoms with Crippen LogP contribution in [0.1, 0.15) is 94.9 Å². The first-order valence-corrected chi connectivity index (χ1v) is 24.6. The number of ether oxygens (including phenoxy) is 1. The summed E-state index contributed by atoms with van der Waals surface area (Å²) in [5.41, 5.74) is 0. The van der Waals surface area contributed by atoms with Crippen LogP contribution >= 0.6 is 0 Å². The highest BCUT2D eigenvalue weighted by atomic mass is 28.4. The van der Waals surface area contributed by atoms with E-state index in [1.807, 2.05) is 6.08 Å². The first kappa shape index (κ1) is 38.6. The van der Waals surface area contributed by atoms with Crippen LogP contribution in [-0.4, -0.2) is 62.0 Å². The highest BCUT2D eigenvalue weighted by Crippen LogP contribution is 2.43. The maximum atomic E-state index is 13.2. The SMILES string of the molecule is C=CCCCC[C@H](C)[C@@H]1OC(=O)N[C@@H]([C@@H](CO[Si](C)(C)C(C)(C)C)O[Si](C)(C)C(C)(C)C)[C@@H]1O[Si](C)(C)C(C)(C)C. The second-order valence-corrected chi connectivity index (χ2v) is 31.2. The van der Waals surface area contributed by atoms with E-state index < -0.39 is 25.0 Å². The molecule has 1 saturated heterocycles. The summed E-state index contributed by atoms with van der Waals surface area (Å²) < 4.78 is 27.3. The summed E-state index contributed by atoms with van der Waals surface area (Å²) in [4.78, 5) is 13.2. The maximum absolute atomic E-state index is 13.2. The van der Waals surface area contributed by atoms with Gasteiger partial charge < -0.3 is 23.3 Å². The number of amides is 1. The van der Waals surface area contributed by atoms with Crippen molar-refractivity contribution in [1.29, 1.82) is 0 Å². The summed E-state index contributed by atoms with van der Waals surface area (Å²) in [7, 11) is -6.55. The van der Waals surface area contributed by atoms with E-state index in [2.05, 4.69) is 120 Å². The van der Waals surface area contributed by atoms with Crippen LogP contribution < -0.4 is 5.32 Å². The van der Waals surface area contributed by atoms with Gasteiger partial charge in [-0.2, -0.15) is 0 Å². The van der Waals surface area contributed by atoms with Crippen LogP contribution in [0.3, 0.4) is 0 Å². The first-order chi connectivity index (χ1) is 18.3. The normalized spacial score (nSPS) is 23.0. The molecule has 0 unspecified atom stereocenters. The Labute approximate surface area is 257 Å². The van der Waals surface area contributed by atoms with Crippen molar-refractivity contribution in [3.05, 3.63) is 12.7 Å². The lowest BCUT2D eigenvalue weighted by Crippen LogP contribution is -2.68. The van der Waals surface area contributed by atoms with Gasteiger partial charge in [0.25, 0.3) is 0 Å². The standard InChI is InChI=1S/C32H67NO5Si3/c1-18-19-20-21-22-24(2)27-28(38-41(16,17)32(9,10)11)26(33-29(34)36-27)25(37-40(14,15)31(6,7)8)23-35-39(12,13)30(3,4)5/h18,24-28H,1,19-23H2,2-17H3,(H,33,34)/t24-,25+,26-,27-,28-/m0/s1. The molecule has 1 rings (SSSR count). The van der Waals surface area contributed by atoms with Gasteiger partial charge in [0.05, 0.1) is 18.8 Å². The molecule has 0 aromatic heterocycles. The molecule has 0 bridgehead atoms. The van der Waals surface area contributed by atoms with Gasteiger partial charge in [0.15, 0.2) is 25.0 Å². The molecule has 0 saturated carbocycles. The van der Waals surface area contributed by atoms with Gasteiger partial charge in [-0.1, -0.05) is 81.7 Å². The zero-order valence-corrected chi connectivity index (χ0v) is 32.7. The molecule has 41 heavy (non-hydrogen) atoms. The van der Waals surface area contributed by atoms with E-state index in [9.17, 15) is 4.79 Å². The molecular weight excluding hydrogens is 563 g/mol. The highest BCUT2D eigenvalue weighted by molar-refractivity contribution is 6.75. The molecule has 5 atom stereocenters. The topological polar surface area (TPSA) is 66.0 Å². The Hall–Kier alpha value is -0.459. The molecule has 0 aromatic carbocycles. The lowest BCUT2D eigenvalue weighted by Gasteiger charge is -2.50. The number of carbonyl (C=O) groups excluding carboxylic acids is 1. The lowest BCUT2D eigenvalue weighted by atomic mass is 9.88. The smallest absolute Gasteiger partial charge is 0.407 e. The Bertz CT molecular complexity index is 855. The molecule has 242 valence electrons. The number of rotatable bonds is 14. The fourth-order valence-electron chi connectivity index (χ4n) is 4.24. The van der Waals surface area contributed by atoms with Gasteiger partial charge in [-0.05, 0) is 79.6 Å². The molecule has 1 N–H and O–H groups in total. The van der Waals surface area contributed by atoms with Crippen molar-refractivity contribution in [2.45, 2.75) is 174 Å². The zero-order valence-electron chi connectivity index (χ0n) is 29.7. The molecule has 9 heteroatoms. The predicted octanol–water partition coefficient (Wildman–Crippen LogP) is 9.65. The van der Waals surface area contributed by atoms with E-state index in [1.54, 1.807) is 0 Å². The van der Waals surface area contributed by atoms with Gasteiger partial charge in [-0.15, -0.1) is 6.58 Å². The summed E-state index contributed by atoms with van der Waals surface area (Å²) in [5.74, 6) is 0.151. The van der Waals surface area contributed by atoms with E-state index >= 15 is 0 Å². The van der Waals surface area contributed by atoms with Gasteiger partial charge >= 0.3 is 6.09 Å². The molecule has 0 radical (unpaired) electrons. The average molecular weight is 630 g/mol. The third kappa shape index (κ3) is 10.6. The third-order valence-electron chi connectivity index (χ3n) is 10.4. The Balaban J connectivity index is 3.62. The van der Waals surface area contributed by atoms with E-state index in [0.29, 0.717) is 6.61 Å². The number of hydrogen-bond donors (Lipinski definition) is 1. The minimum atomic E-state index is -2.24. The average Bonchev–Trinajstić information content (AvgIpc) is 2.77. The molecule has 1 aliphatic rings.